The third-order valence-corrected chi connectivity index (χ3v) is 4.87. The maximum atomic E-state index is 4.72. The van der Waals surface area contributed by atoms with Crippen molar-refractivity contribution < 1.29 is 0 Å². The van der Waals surface area contributed by atoms with Gasteiger partial charge in [-0.25, -0.2) is 4.98 Å². The van der Waals surface area contributed by atoms with E-state index in [0.717, 1.165) is 36.0 Å². The summed E-state index contributed by atoms with van der Waals surface area (Å²) in [5.41, 5.74) is 0. The number of anilines is 2. The van der Waals surface area contributed by atoms with Gasteiger partial charge in [0.15, 0.2) is 0 Å². The van der Waals surface area contributed by atoms with Crippen molar-refractivity contribution in [3.05, 3.63) is 10.9 Å². The predicted molar refractivity (Wildman–Crippen MR) is 89.1 cm³/mol. The largest absolute Gasteiger partial charge is 0.356 e. The molecule has 20 heavy (non-hydrogen) atoms. The van der Waals surface area contributed by atoms with Crippen LogP contribution in [0.1, 0.15) is 39.0 Å². The third-order valence-electron chi connectivity index (χ3n) is 3.69. The van der Waals surface area contributed by atoms with E-state index < -0.39 is 0 Å². The van der Waals surface area contributed by atoms with E-state index in [-0.39, 0.29) is 0 Å². The Balaban J connectivity index is 2.56. The number of nitrogens with zero attached hydrogens (tertiary/aromatic N) is 3. The van der Waals surface area contributed by atoms with E-state index in [9.17, 15) is 0 Å². The molecule has 0 aliphatic rings. The van der Waals surface area contributed by atoms with Gasteiger partial charge in [0.05, 0.1) is 5.39 Å². The lowest BCUT2D eigenvalue weighted by Gasteiger charge is -2.25. The average molecular weight is 292 g/mol. The zero-order valence-electron chi connectivity index (χ0n) is 13.0. The molecule has 1 N–H and O–H groups in total. The van der Waals surface area contributed by atoms with Gasteiger partial charge in [0.2, 0.25) is 5.95 Å². The summed E-state index contributed by atoms with van der Waals surface area (Å²) in [5.74, 6) is 1.77. The van der Waals surface area contributed by atoms with E-state index in [1.54, 1.807) is 11.3 Å². The summed E-state index contributed by atoms with van der Waals surface area (Å²) in [7, 11) is 2.12. The molecule has 1 unspecified atom stereocenters. The zero-order chi connectivity index (χ0) is 14.7. The highest BCUT2D eigenvalue weighted by atomic mass is 32.1. The van der Waals surface area contributed by atoms with Gasteiger partial charge in [-0.15, -0.1) is 11.3 Å². The lowest BCUT2D eigenvalue weighted by molar-refractivity contribution is 0.659. The second kappa shape index (κ2) is 6.39. The molecule has 0 saturated heterocycles. The summed E-state index contributed by atoms with van der Waals surface area (Å²) in [6, 6.07) is 2.71. The van der Waals surface area contributed by atoms with Gasteiger partial charge in [-0.05, 0) is 32.8 Å². The van der Waals surface area contributed by atoms with Crippen LogP contribution in [0, 0.1) is 0 Å². The fraction of sp³-hybridized carbons (Fsp3) is 0.600. The highest BCUT2D eigenvalue weighted by Crippen LogP contribution is 2.32. The fourth-order valence-electron chi connectivity index (χ4n) is 2.12. The lowest BCUT2D eigenvalue weighted by atomic mass is 10.2. The molecule has 0 spiro atoms. The molecule has 0 saturated carbocycles. The number of thiophene rings is 1. The van der Waals surface area contributed by atoms with Crippen LogP contribution in [0.2, 0.25) is 0 Å². The third kappa shape index (κ3) is 2.87. The summed E-state index contributed by atoms with van der Waals surface area (Å²) in [6.45, 7) is 9.52. The van der Waals surface area contributed by atoms with Crippen LogP contribution in [0.3, 0.4) is 0 Å². The van der Waals surface area contributed by atoms with Crippen LogP contribution in [-0.2, 0) is 6.42 Å². The topological polar surface area (TPSA) is 41.1 Å². The molecule has 2 rings (SSSR count). The van der Waals surface area contributed by atoms with E-state index in [2.05, 4.69) is 56.0 Å². The highest BCUT2D eigenvalue weighted by Gasteiger charge is 2.17. The van der Waals surface area contributed by atoms with Gasteiger partial charge in [-0.1, -0.05) is 13.8 Å². The fourth-order valence-corrected chi connectivity index (χ4v) is 3.08. The SMILES string of the molecule is CCNc1nc(N(C)C(C)CC)c2cc(CC)sc2n1. The molecule has 2 heterocycles. The summed E-state index contributed by atoms with van der Waals surface area (Å²) in [5, 5.41) is 4.41. The van der Waals surface area contributed by atoms with E-state index in [4.69, 9.17) is 4.98 Å². The molecule has 0 fully saturated rings. The van der Waals surface area contributed by atoms with Gasteiger partial charge < -0.3 is 10.2 Å². The van der Waals surface area contributed by atoms with Crippen molar-refractivity contribution in [2.45, 2.75) is 46.6 Å². The van der Waals surface area contributed by atoms with Gasteiger partial charge in [0, 0.05) is 24.5 Å². The van der Waals surface area contributed by atoms with Crippen molar-refractivity contribution in [1.82, 2.24) is 9.97 Å². The minimum Gasteiger partial charge on any atom is -0.356 e. The molecule has 0 aliphatic carbocycles. The number of hydrogen-bond donors (Lipinski definition) is 1. The first-order valence-corrected chi connectivity index (χ1v) is 8.19. The van der Waals surface area contributed by atoms with E-state index >= 15 is 0 Å². The van der Waals surface area contributed by atoms with E-state index in [0.29, 0.717) is 6.04 Å². The molecule has 0 radical (unpaired) electrons. The Hall–Kier alpha value is -1.36. The van der Waals surface area contributed by atoms with Gasteiger partial charge in [-0.3, -0.25) is 0 Å². The number of rotatable bonds is 6. The van der Waals surface area contributed by atoms with Crippen molar-refractivity contribution >= 4 is 33.3 Å². The molecule has 0 amide bonds. The minimum atomic E-state index is 0.465. The van der Waals surface area contributed by atoms with Crippen LogP contribution in [0.4, 0.5) is 11.8 Å². The Kier molecular flexibility index (Phi) is 4.81. The van der Waals surface area contributed by atoms with Crippen LogP contribution in [0.5, 0.6) is 0 Å². The Bertz CT molecular complexity index is 579. The second-order valence-electron chi connectivity index (χ2n) is 5.05. The number of hydrogen-bond acceptors (Lipinski definition) is 5. The van der Waals surface area contributed by atoms with Crippen molar-refractivity contribution in [1.29, 1.82) is 0 Å². The zero-order valence-corrected chi connectivity index (χ0v) is 13.8. The maximum Gasteiger partial charge on any atom is 0.226 e. The van der Waals surface area contributed by atoms with E-state index in [1.807, 2.05) is 0 Å². The second-order valence-corrected chi connectivity index (χ2v) is 6.17. The Morgan fingerprint density at radius 3 is 2.65 bits per heavy atom. The van der Waals surface area contributed by atoms with Crippen LogP contribution in [0.25, 0.3) is 10.2 Å². The predicted octanol–water partition coefficient (Wildman–Crippen LogP) is 3.92. The molecule has 110 valence electrons. The van der Waals surface area contributed by atoms with Crippen LogP contribution in [0.15, 0.2) is 6.07 Å². The number of aryl methyl sites for hydroxylation is 1. The van der Waals surface area contributed by atoms with Crippen LogP contribution in [-0.4, -0.2) is 29.6 Å². The lowest BCUT2D eigenvalue weighted by Crippen LogP contribution is -2.29. The summed E-state index contributed by atoms with van der Waals surface area (Å²) >= 11 is 1.77. The number of nitrogens with one attached hydrogen (secondary N) is 1. The smallest absolute Gasteiger partial charge is 0.226 e. The summed E-state index contributed by atoms with van der Waals surface area (Å²) in [4.78, 5) is 14.1. The summed E-state index contributed by atoms with van der Waals surface area (Å²) in [6.07, 6.45) is 2.15. The average Bonchev–Trinajstić information content (AvgIpc) is 2.88. The summed E-state index contributed by atoms with van der Waals surface area (Å²) < 4.78 is 0. The molecular weight excluding hydrogens is 268 g/mol. The van der Waals surface area contributed by atoms with Crippen molar-refractivity contribution in [2.75, 3.05) is 23.8 Å². The molecule has 0 bridgehead atoms. The maximum absolute atomic E-state index is 4.72. The minimum absolute atomic E-state index is 0.465. The monoisotopic (exact) mass is 292 g/mol. The Labute approximate surface area is 125 Å². The Morgan fingerprint density at radius 1 is 1.30 bits per heavy atom. The molecule has 1 atom stereocenters. The molecule has 2 aromatic heterocycles. The standard InChI is InChI=1S/C15H24N4S/c1-6-10(4)19(5)13-12-9-11(7-2)20-14(12)18-15(17-13)16-8-3/h9-10H,6-8H2,1-5H3,(H,16,17,18). The quantitative estimate of drug-likeness (QED) is 0.876. The van der Waals surface area contributed by atoms with Gasteiger partial charge in [0.1, 0.15) is 10.6 Å². The number of fused-ring (bicyclic) bond motifs is 1. The Morgan fingerprint density at radius 2 is 2.05 bits per heavy atom. The molecule has 0 aromatic carbocycles. The van der Waals surface area contributed by atoms with Crippen LogP contribution >= 0.6 is 11.3 Å². The molecule has 4 nitrogen and oxygen atoms in total. The van der Waals surface area contributed by atoms with Crippen molar-refractivity contribution in [3.63, 3.8) is 0 Å². The van der Waals surface area contributed by atoms with E-state index in [1.165, 1.54) is 10.3 Å². The first-order chi connectivity index (χ1) is 9.60. The number of aromatic nitrogens is 2. The van der Waals surface area contributed by atoms with Gasteiger partial charge in [-0.2, -0.15) is 4.98 Å². The first kappa shape index (κ1) is 15.0. The van der Waals surface area contributed by atoms with Crippen LogP contribution < -0.4 is 10.2 Å². The first-order valence-electron chi connectivity index (χ1n) is 7.37. The molecule has 5 heteroatoms. The normalized spacial score (nSPS) is 12.7. The molecule has 2 aromatic rings. The van der Waals surface area contributed by atoms with Crippen molar-refractivity contribution in [2.24, 2.45) is 0 Å². The highest BCUT2D eigenvalue weighted by molar-refractivity contribution is 7.18. The molecule has 0 aliphatic heterocycles. The van der Waals surface area contributed by atoms with Gasteiger partial charge >= 0.3 is 0 Å². The van der Waals surface area contributed by atoms with Gasteiger partial charge in [0.25, 0.3) is 0 Å². The van der Waals surface area contributed by atoms with Crippen molar-refractivity contribution in [3.8, 4) is 0 Å². The molecular formula is C15H24N4S.